The zero-order chi connectivity index (χ0) is 12.1. The fraction of sp³-hybridized carbons (Fsp3) is 0.500. The highest BCUT2D eigenvalue weighted by molar-refractivity contribution is 5.18. The maximum Gasteiger partial charge on any atom is 0.123 e. The third-order valence-electron chi connectivity index (χ3n) is 2.46. The predicted octanol–water partition coefficient (Wildman–Crippen LogP) is 1.78. The molecule has 90 valence electrons. The first kappa shape index (κ1) is 13.1. The number of benzene rings is 1. The van der Waals surface area contributed by atoms with E-state index in [4.69, 9.17) is 4.74 Å². The molecular formula is C12H18FNO2. The van der Waals surface area contributed by atoms with Crippen LogP contribution in [0.1, 0.15) is 18.6 Å². The first-order valence-corrected chi connectivity index (χ1v) is 5.22. The van der Waals surface area contributed by atoms with E-state index in [1.54, 1.807) is 12.1 Å². The van der Waals surface area contributed by atoms with Crippen molar-refractivity contribution < 1.29 is 14.2 Å². The maximum atomic E-state index is 12.9. The molecule has 2 atom stereocenters. The molecule has 0 spiro atoms. The van der Waals surface area contributed by atoms with Crippen molar-refractivity contribution in [1.29, 1.82) is 0 Å². The Morgan fingerprint density at radius 2 is 2.12 bits per heavy atom. The highest BCUT2D eigenvalue weighted by Crippen LogP contribution is 2.15. The van der Waals surface area contributed by atoms with Crippen molar-refractivity contribution in [2.24, 2.45) is 0 Å². The second-order valence-electron chi connectivity index (χ2n) is 3.97. The van der Waals surface area contributed by atoms with E-state index >= 15 is 0 Å². The van der Waals surface area contributed by atoms with Gasteiger partial charge in [-0.1, -0.05) is 12.1 Å². The summed E-state index contributed by atoms with van der Waals surface area (Å²) in [5.74, 6) is -0.350. The minimum absolute atomic E-state index is 0.0804. The van der Waals surface area contributed by atoms with E-state index < -0.39 is 6.10 Å². The van der Waals surface area contributed by atoms with Crippen LogP contribution < -0.4 is 0 Å². The number of rotatable bonds is 5. The first-order valence-electron chi connectivity index (χ1n) is 5.22. The SMILES string of the molecule is CC(OCC(O)c1cccc(F)c1)N(C)C. The number of hydrogen-bond donors (Lipinski definition) is 1. The molecule has 0 aliphatic rings. The van der Waals surface area contributed by atoms with Gasteiger partial charge in [0.15, 0.2) is 0 Å². The van der Waals surface area contributed by atoms with Gasteiger partial charge in [0.05, 0.1) is 6.61 Å². The largest absolute Gasteiger partial charge is 0.386 e. The third kappa shape index (κ3) is 3.89. The number of nitrogens with zero attached hydrogens (tertiary/aromatic N) is 1. The first-order chi connectivity index (χ1) is 7.50. The lowest BCUT2D eigenvalue weighted by Gasteiger charge is -2.22. The molecule has 0 aromatic heterocycles. The van der Waals surface area contributed by atoms with Gasteiger partial charge < -0.3 is 9.84 Å². The summed E-state index contributed by atoms with van der Waals surface area (Å²) in [7, 11) is 3.78. The van der Waals surface area contributed by atoms with Crippen molar-refractivity contribution in [2.75, 3.05) is 20.7 Å². The number of hydrogen-bond acceptors (Lipinski definition) is 3. The maximum absolute atomic E-state index is 12.9. The molecule has 0 aliphatic carbocycles. The second kappa shape index (κ2) is 5.94. The van der Waals surface area contributed by atoms with Gasteiger partial charge in [-0.25, -0.2) is 4.39 Å². The van der Waals surface area contributed by atoms with Crippen molar-refractivity contribution in [1.82, 2.24) is 4.90 Å². The molecule has 1 N–H and O–H groups in total. The Morgan fingerprint density at radius 3 is 2.69 bits per heavy atom. The molecule has 0 bridgehead atoms. The van der Waals surface area contributed by atoms with Crippen LogP contribution in [0.3, 0.4) is 0 Å². The topological polar surface area (TPSA) is 32.7 Å². The van der Waals surface area contributed by atoms with E-state index in [0.29, 0.717) is 5.56 Å². The second-order valence-corrected chi connectivity index (χ2v) is 3.97. The highest BCUT2D eigenvalue weighted by Gasteiger charge is 2.11. The molecule has 4 heteroatoms. The Labute approximate surface area is 95.5 Å². The molecule has 0 radical (unpaired) electrons. The van der Waals surface area contributed by atoms with Gasteiger partial charge in [-0.3, -0.25) is 4.90 Å². The van der Waals surface area contributed by atoms with E-state index in [0.717, 1.165) is 0 Å². The minimum atomic E-state index is -0.793. The molecule has 0 aliphatic heterocycles. The van der Waals surface area contributed by atoms with Gasteiger partial charge in [0.2, 0.25) is 0 Å². The molecule has 0 fully saturated rings. The van der Waals surface area contributed by atoms with Crippen molar-refractivity contribution in [3.63, 3.8) is 0 Å². The van der Waals surface area contributed by atoms with Crippen molar-refractivity contribution in [3.05, 3.63) is 35.6 Å². The quantitative estimate of drug-likeness (QED) is 0.778. The lowest BCUT2D eigenvalue weighted by molar-refractivity contribution is -0.0603. The van der Waals surface area contributed by atoms with Gasteiger partial charge in [0.1, 0.15) is 18.1 Å². The summed E-state index contributed by atoms with van der Waals surface area (Å²) in [5.41, 5.74) is 0.533. The van der Waals surface area contributed by atoms with Crippen LogP contribution in [0.15, 0.2) is 24.3 Å². The van der Waals surface area contributed by atoms with E-state index in [1.807, 2.05) is 25.9 Å². The third-order valence-corrected chi connectivity index (χ3v) is 2.46. The van der Waals surface area contributed by atoms with Gasteiger partial charge in [-0.15, -0.1) is 0 Å². The van der Waals surface area contributed by atoms with E-state index in [1.165, 1.54) is 12.1 Å². The lowest BCUT2D eigenvalue weighted by Crippen LogP contribution is -2.29. The average molecular weight is 227 g/mol. The van der Waals surface area contributed by atoms with Crippen LogP contribution in [0, 0.1) is 5.82 Å². The summed E-state index contributed by atoms with van der Waals surface area (Å²) >= 11 is 0. The highest BCUT2D eigenvalue weighted by atomic mass is 19.1. The molecule has 1 aromatic rings. The number of ether oxygens (including phenoxy) is 1. The van der Waals surface area contributed by atoms with E-state index in [2.05, 4.69) is 0 Å². The zero-order valence-corrected chi connectivity index (χ0v) is 9.85. The van der Waals surface area contributed by atoms with E-state index in [9.17, 15) is 9.50 Å². The van der Waals surface area contributed by atoms with Crippen LogP contribution in [0.25, 0.3) is 0 Å². The fourth-order valence-corrected chi connectivity index (χ4v) is 1.19. The Hall–Kier alpha value is -0.970. The molecule has 1 aromatic carbocycles. The molecule has 0 heterocycles. The normalized spacial score (nSPS) is 15.1. The standard InChI is InChI=1S/C12H18FNO2/c1-9(14(2)3)16-8-12(15)10-5-4-6-11(13)7-10/h4-7,9,12,15H,8H2,1-3H3. The Balaban J connectivity index is 2.49. The predicted molar refractivity (Wildman–Crippen MR) is 60.5 cm³/mol. The fourth-order valence-electron chi connectivity index (χ4n) is 1.19. The molecule has 3 nitrogen and oxygen atoms in total. The van der Waals surface area contributed by atoms with Gasteiger partial charge in [0, 0.05) is 0 Å². The Bertz CT molecular complexity index is 331. The van der Waals surface area contributed by atoms with Crippen LogP contribution >= 0.6 is 0 Å². The lowest BCUT2D eigenvalue weighted by atomic mass is 10.1. The summed E-state index contributed by atoms with van der Waals surface area (Å²) in [6.07, 6.45) is -0.874. The van der Waals surface area contributed by atoms with Gasteiger partial charge in [-0.05, 0) is 38.7 Å². The van der Waals surface area contributed by atoms with Crippen LogP contribution in [0.5, 0.6) is 0 Å². The monoisotopic (exact) mass is 227 g/mol. The summed E-state index contributed by atoms with van der Waals surface area (Å²) in [6, 6.07) is 5.91. The minimum Gasteiger partial charge on any atom is -0.386 e. The molecule has 0 amide bonds. The molecule has 0 saturated carbocycles. The molecule has 16 heavy (non-hydrogen) atoms. The van der Waals surface area contributed by atoms with E-state index in [-0.39, 0.29) is 18.7 Å². The average Bonchev–Trinajstić information content (AvgIpc) is 2.25. The zero-order valence-electron chi connectivity index (χ0n) is 9.85. The summed E-state index contributed by atoms with van der Waals surface area (Å²) in [4.78, 5) is 1.89. The van der Waals surface area contributed by atoms with Gasteiger partial charge in [-0.2, -0.15) is 0 Å². The van der Waals surface area contributed by atoms with Gasteiger partial charge in [0.25, 0.3) is 0 Å². The smallest absolute Gasteiger partial charge is 0.123 e. The van der Waals surface area contributed by atoms with Crippen LogP contribution in [-0.4, -0.2) is 36.9 Å². The number of halogens is 1. The Morgan fingerprint density at radius 1 is 1.44 bits per heavy atom. The molecule has 1 rings (SSSR count). The van der Waals surface area contributed by atoms with Crippen molar-refractivity contribution in [2.45, 2.75) is 19.3 Å². The van der Waals surface area contributed by atoms with Crippen LogP contribution in [0.4, 0.5) is 4.39 Å². The summed E-state index contributed by atoms with van der Waals surface area (Å²) in [5, 5.41) is 9.77. The van der Waals surface area contributed by atoms with Crippen LogP contribution in [-0.2, 0) is 4.74 Å². The van der Waals surface area contributed by atoms with Gasteiger partial charge >= 0.3 is 0 Å². The van der Waals surface area contributed by atoms with Crippen LogP contribution in [0.2, 0.25) is 0 Å². The number of aliphatic hydroxyl groups excluding tert-OH is 1. The number of aliphatic hydroxyl groups is 1. The van der Waals surface area contributed by atoms with Crippen molar-refractivity contribution >= 4 is 0 Å². The Kier molecular flexibility index (Phi) is 4.86. The van der Waals surface area contributed by atoms with Crippen molar-refractivity contribution in [3.8, 4) is 0 Å². The molecule has 2 unspecified atom stereocenters. The summed E-state index contributed by atoms with van der Waals surface area (Å²) < 4.78 is 18.3. The molecule has 0 saturated heterocycles. The summed E-state index contributed by atoms with van der Waals surface area (Å²) in [6.45, 7) is 2.04. The molecular weight excluding hydrogens is 209 g/mol.